The summed E-state index contributed by atoms with van der Waals surface area (Å²) in [5.41, 5.74) is 3.72. The molecule has 22 heavy (non-hydrogen) atoms. The van der Waals surface area contributed by atoms with Crippen molar-refractivity contribution in [3.63, 3.8) is 0 Å². The molecule has 0 bridgehead atoms. The van der Waals surface area contributed by atoms with Gasteiger partial charge in [-0.05, 0) is 49.6 Å². The minimum absolute atomic E-state index is 0.143. The molecule has 0 saturated heterocycles. The lowest BCUT2D eigenvalue weighted by molar-refractivity contribution is -0.115. The number of rotatable bonds is 9. The van der Waals surface area contributed by atoms with E-state index in [1.165, 1.54) is 48.8 Å². The quantitative estimate of drug-likeness (QED) is 0.488. The average Bonchev–Trinajstić information content (AvgIpc) is 3.01. The number of hydrogen-bond donors (Lipinski definition) is 1. The molecule has 120 valence electrons. The van der Waals surface area contributed by atoms with E-state index in [4.69, 9.17) is 0 Å². The summed E-state index contributed by atoms with van der Waals surface area (Å²) in [6.07, 6.45) is 9.44. The Bertz CT molecular complexity index is 495. The summed E-state index contributed by atoms with van der Waals surface area (Å²) >= 11 is 1.50. The van der Waals surface area contributed by atoms with Crippen molar-refractivity contribution in [2.45, 2.75) is 64.0 Å². The molecule has 0 aliphatic heterocycles. The first-order valence-electron chi connectivity index (χ1n) is 8.48. The standard InChI is InChI=1S/C19H27NOS/c1-2-3-4-8-12-17-13-9-14-18(17)19(21)20-22-15-16-10-6-5-7-11-16/h5-7,10-11H,2-4,8-9,12-15H2,1H3,(H,20,21). The van der Waals surface area contributed by atoms with Crippen LogP contribution in [0.3, 0.4) is 0 Å². The highest BCUT2D eigenvalue weighted by Gasteiger charge is 2.20. The molecule has 2 nitrogen and oxygen atoms in total. The largest absolute Gasteiger partial charge is 0.296 e. The van der Waals surface area contributed by atoms with Crippen LogP contribution in [0.15, 0.2) is 41.5 Å². The van der Waals surface area contributed by atoms with Gasteiger partial charge < -0.3 is 0 Å². The Labute approximate surface area is 138 Å². The van der Waals surface area contributed by atoms with E-state index in [9.17, 15) is 4.79 Å². The van der Waals surface area contributed by atoms with E-state index in [2.05, 4.69) is 23.8 Å². The van der Waals surface area contributed by atoms with Crippen molar-refractivity contribution in [3.05, 3.63) is 47.0 Å². The molecule has 1 N–H and O–H groups in total. The zero-order valence-corrected chi connectivity index (χ0v) is 14.4. The van der Waals surface area contributed by atoms with Gasteiger partial charge in [-0.15, -0.1) is 0 Å². The van der Waals surface area contributed by atoms with E-state index in [1.54, 1.807) is 0 Å². The molecule has 0 fully saturated rings. The Morgan fingerprint density at radius 3 is 2.73 bits per heavy atom. The fourth-order valence-corrected chi connectivity index (χ4v) is 3.63. The molecule has 0 atom stereocenters. The van der Waals surface area contributed by atoms with Gasteiger partial charge in [0, 0.05) is 11.3 Å². The monoisotopic (exact) mass is 317 g/mol. The summed E-state index contributed by atoms with van der Waals surface area (Å²) in [6, 6.07) is 10.3. The summed E-state index contributed by atoms with van der Waals surface area (Å²) in [4.78, 5) is 12.3. The van der Waals surface area contributed by atoms with E-state index >= 15 is 0 Å². The van der Waals surface area contributed by atoms with Gasteiger partial charge in [0.15, 0.2) is 0 Å². The number of benzene rings is 1. The molecule has 0 saturated carbocycles. The van der Waals surface area contributed by atoms with Gasteiger partial charge in [-0.2, -0.15) is 0 Å². The molecule has 1 aromatic carbocycles. The number of allylic oxidation sites excluding steroid dienone is 1. The second-order valence-electron chi connectivity index (χ2n) is 5.95. The van der Waals surface area contributed by atoms with E-state index < -0.39 is 0 Å². The van der Waals surface area contributed by atoms with Crippen molar-refractivity contribution in [3.8, 4) is 0 Å². The van der Waals surface area contributed by atoms with Crippen LogP contribution in [0.2, 0.25) is 0 Å². The highest BCUT2D eigenvalue weighted by atomic mass is 32.2. The summed E-state index contributed by atoms with van der Waals surface area (Å²) in [7, 11) is 0. The molecule has 1 aromatic rings. The van der Waals surface area contributed by atoms with Crippen LogP contribution in [0.5, 0.6) is 0 Å². The molecule has 0 unspecified atom stereocenters. The van der Waals surface area contributed by atoms with Gasteiger partial charge in [-0.25, -0.2) is 0 Å². The number of hydrogen-bond acceptors (Lipinski definition) is 2. The zero-order chi connectivity index (χ0) is 15.6. The lowest BCUT2D eigenvalue weighted by Crippen LogP contribution is -2.18. The van der Waals surface area contributed by atoms with Gasteiger partial charge in [0.1, 0.15) is 0 Å². The molecule has 3 heteroatoms. The van der Waals surface area contributed by atoms with Gasteiger partial charge in [-0.3, -0.25) is 9.52 Å². The van der Waals surface area contributed by atoms with Crippen LogP contribution in [0.4, 0.5) is 0 Å². The maximum absolute atomic E-state index is 12.3. The maximum Gasteiger partial charge on any atom is 0.256 e. The Hall–Kier alpha value is -1.22. The fraction of sp³-hybridized carbons (Fsp3) is 0.526. The van der Waals surface area contributed by atoms with Crippen LogP contribution >= 0.6 is 11.9 Å². The van der Waals surface area contributed by atoms with Crippen molar-refractivity contribution in [2.24, 2.45) is 0 Å². The second kappa shape index (κ2) is 9.73. The highest BCUT2D eigenvalue weighted by Crippen LogP contribution is 2.30. The smallest absolute Gasteiger partial charge is 0.256 e. The third-order valence-corrected chi connectivity index (χ3v) is 4.99. The topological polar surface area (TPSA) is 29.1 Å². The van der Waals surface area contributed by atoms with Gasteiger partial charge in [0.2, 0.25) is 0 Å². The number of carbonyl (C=O) groups is 1. The Morgan fingerprint density at radius 2 is 1.95 bits per heavy atom. The molecule has 0 radical (unpaired) electrons. The molecule has 1 aliphatic carbocycles. The summed E-state index contributed by atoms with van der Waals surface area (Å²) in [5.74, 6) is 0.968. The molecular weight excluding hydrogens is 290 g/mol. The van der Waals surface area contributed by atoms with Crippen molar-refractivity contribution >= 4 is 17.9 Å². The Balaban J connectivity index is 1.77. The summed E-state index contributed by atoms with van der Waals surface area (Å²) in [6.45, 7) is 2.23. The number of carbonyl (C=O) groups excluding carboxylic acids is 1. The third kappa shape index (κ3) is 5.53. The van der Waals surface area contributed by atoms with Crippen LogP contribution < -0.4 is 4.72 Å². The average molecular weight is 317 g/mol. The molecule has 1 amide bonds. The first-order valence-corrected chi connectivity index (χ1v) is 9.46. The molecule has 0 aromatic heterocycles. The number of nitrogens with one attached hydrogen (secondary N) is 1. The SMILES string of the molecule is CCCCCCC1=C(C(=O)NSCc2ccccc2)CCC1. The lowest BCUT2D eigenvalue weighted by atomic mass is 10.0. The van der Waals surface area contributed by atoms with Crippen LogP contribution in [-0.2, 0) is 10.5 Å². The van der Waals surface area contributed by atoms with Gasteiger partial charge in [0.05, 0.1) is 0 Å². The van der Waals surface area contributed by atoms with Crippen LogP contribution in [0.25, 0.3) is 0 Å². The summed E-state index contributed by atoms with van der Waals surface area (Å²) in [5, 5.41) is 0. The second-order valence-corrected chi connectivity index (χ2v) is 6.73. The molecule has 0 spiro atoms. The van der Waals surface area contributed by atoms with E-state index in [-0.39, 0.29) is 5.91 Å². The minimum atomic E-state index is 0.143. The van der Waals surface area contributed by atoms with E-state index in [0.717, 1.165) is 37.0 Å². The Kier molecular flexibility index (Phi) is 7.58. The molecule has 0 heterocycles. The molecular formula is C19H27NOS. The zero-order valence-electron chi connectivity index (χ0n) is 13.6. The van der Waals surface area contributed by atoms with Crippen molar-refractivity contribution in [1.82, 2.24) is 4.72 Å². The third-order valence-electron chi connectivity index (χ3n) is 4.18. The van der Waals surface area contributed by atoms with Crippen LogP contribution in [0, 0.1) is 0 Å². The van der Waals surface area contributed by atoms with Crippen molar-refractivity contribution in [2.75, 3.05) is 0 Å². The van der Waals surface area contributed by atoms with E-state index in [0.29, 0.717) is 0 Å². The minimum Gasteiger partial charge on any atom is -0.296 e. The number of unbranched alkanes of at least 4 members (excludes halogenated alkanes) is 3. The highest BCUT2D eigenvalue weighted by molar-refractivity contribution is 7.97. The Morgan fingerprint density at radius 1 is 1.14 bits per heavy atom. The van der Waals surface area contributed by atoms with Crippen LogP contribution in [-0.4, -0.2) is 5.91 Å². The predicted octanol–water partition coefficient (Wildman–Crippen LogP) is 5.40. The lowest BCUT2D eigenvalue weighted by Gasteiger charge is -2.08. The van der Waals surface area contributed by atoms with Gasteiger partial charge >= 0.3 is 0 Å². The van der Waals surface area contributed by atoms with Crippen molar-refractivity contribution in [1.29, 1.82) is 0 Å². The normalized spacial score (nSPS) is 14.4. The van der Waals surface area contributed by atoms with Crippen molar-refractivity contribution < 1.29 is 4.79 Å². The summed E-state index contributed by atoms with van der Waals surface area (Å²) < 4.78 is 3.02. The first-order chi connectivity index (χ1) is 10.8. The number of amides is 1. The first kappa shape index (κ1) is 17.1. The van der Waals surface area contributed by atoms with Gasteiger partial charge in [-0.1, -0.05) is 62.1 Å². The maximum atomic E-state index is 12.3. The van der Waals surface area contributed by atoms with E-state index in [1.807, 2.05) is 18.2 Å². The van der Waals surface area contributed by atoms with Gasteiger partial charge in [0.25, 0.3) is 5.91 Å². The molecule has 1 aliphatic rings. The fourth-order valence-electron chi connectivity index (χ4n) is 2.94. The predicted molar refractivity (Wildman–Crippen MR) is 95.5 cm³/mol. The molecule has 2 rings (SSSR count). The van der Waals surface area contributed by atoms with Crippen LogP contribution in [0.1, 0.15) is 63.9 Å².